The van der Waals surface area contributed by atoms with Gasteiger partial charge in [0.2, 0.25) is 0 Å². The average Bonchev–Trinajstić information content (AvgIpc) is 2.78. The SMILES string of the molecule is Br.O=CC(C=O)CCCCCCCCCCCCCCCCCNCc1ccccc1. The molecule has 0 heterocycles. The number of benzene rings is 1. The van der Waals surface area contributed by atoms with E-state index >= 15 is 0 Å². The van der Waals surface area contributed by atoms with E-state index in [2.05, 4.69) is 35.6 Å². The van der Waals surface area contributed by atoms with Crippen LogP contribution in [0.3, 0.4) is 0 Å². The normalized spacial score (nSPS) is 10.7. The predicted molar refractivity (Wildman–Crippen MR) is 138 cm³/mol. The first-order valence-corrected chi connectivity index (χ1v) is 12.5. The van der Waals surface area contributed by atoms with Gasteiger partial charge in [-0.2, -0.15) is 0 Å². The Morgan fingerprint density at radius 3 is 1.48 bits per heavy atom. The van der Waals surface area contributed by atoms with E-state index in [0.29, 0.717) is 0 Å². The van der Waals surface area contributed by atoms with Crippen molar-refractivity contribution in [2.75, 3.05) is 6.54 Å². The number of carbonyl (C=O) groups is 2. The molecule has 1 N–H and O–H groups in total. The zero-order valence-electron chi connectivity index (χ0n) is 19.6. The van der Waals surface area contributed by atoms with Crippen LogP contribution >= 0.6 is 17.0 Å². The van der Waals surface area contributed by atoms with Gasteiger partial charge in [-0.05, 0) is 24.9 Å². The third kappa shape index (κ3) is 19.4. The first-order chi connectivity index (χ1) is 14.9. The number of halogens is 1. The van der Waals surface area contributed by atoms with Crippen LogP contribution in [0.15, 0.2) is 30.3 Å². The number of hydrogen-bond acceptors (Lipinski definition) is 3. The largest absolute Gasteiger partial charge is 0.313 e. The average molecular weight is 497 g/mol. The zero-order chi connectivity index (χ0) is 21.5. The number of nitrogens with one attached hydrogen (secondary N) is 1. The summed E-state index contributed by atoms with van der Waals surface area (Å²) in [6, 6.07) is 10.6. The fraction of sp³-hybridized carbons (Fsp3) is 0.704. The van der Waals surface area contributed by atoms with Crippen LogP contribution in [0.4, 0.5) is 0 Å². The van der Waals surface area contributed by atoms with Gasteiger partial charge in [0.15, 0.2) is 0 Å². The lowest BCUT2D eigenvalue weighted by molar-refractivity contribution is -0.119. The Morgan fingerprint density at radius 1 is 0.613 bits per heavy atom. The van der Waals surface area contributed by atoms with Crippen LogP contribution in [0.2, 0.25) is 0 Å². The Bertz CT molecular complexity index is 501. The maximum atomic E-state index is 10.6. The standard InChI is InChI=1S/C27H45NO2.BrH/c29-24-27(25-30)21-15-12-10-8-6-4-2-1-3-5-7-9-11-13-18-22-28-23-26-19-16-14-17-20-26;/h14,16-17,19-20,24-25,27-28H,1-13,15,18,21-23H2;1H. The van der Waals surface area contributed by atoms with E-state index in [9.17, 15) is 9.59 Å². The Kier molecular flexibility index (Phi) is 22.9. The summed E-state index contributed by atoms with van der Waals surface area (Å²) in [4.78, 5) is 21.1. The van der Waals surface area contributed by atoms with E-state index in [0.717, 1.165) is 44.9 Å². The van der Waals surface area contributed by atoms with Crippen LogP contribution in [0.25, 0.3) is 0 Å². The third-order valence-corrected chi connectivity index (χ3v) is 5.91. The van der Waals surface area contributed by atoms with Crippen molar-refractivity contribution in [1.29, 1.82) is 0 Å². The molecule has 0 bridgehead atoms. The Balaban J connectivity index is 0.00000900. The molecule has 0 aliphatic rings. The molecule has 0 unspecified atom stereocenters. The highest BCUT2D eigenvalue weighted by Crippen LogP contribution is 2.14. The summed E-state index contributed by atoms with van der Waals surface area (Å²) >= 11 is 0. The van der Waals surface area contributed by atoms with Crippen LogP contribution < -0.4 is 5.32 Å². The molecular formula is C27H46BrNO2. The summed E-state index contributed by atoms with van der Waals surface area (Å²) in [7, 11) is 0. The lowest BCUT2D eigenvalue weighted by Crippen LogP contribution is -2.14. The molecule has 4 heteroatoms. The van der Waals surface area contributed by atoms with Gasteiger partial charge in [0.05, 0.1) is 5.92 Å². The van der Waals surface area contributed by atoms with Crippen LogP contribution in [0.1, 0.15) is 108 Å². The van der Waals surface area contributed by atoms with Gasteiger partial charge in [-0.15, -0.1) is 17.0 Å². The van der Waals surface area contributed by atoms with Crippen LogP contribution in [-0.2, 0) is 16.1 Å². The van der Waals surface area contributed by atoms with E-state index in [4.69, 9.17) is 0 Å². The number of hydrogen-bond donors (Lipinski definition) is 1. The summed E-state index contributed by atoms with van der Waals surface area (Å²) < 4.78 is 0. The Labute approximate surface area is 201 Å². The summed E-state index contributed by atoms with van der Waals surface area (Å²) in [5, 5.41) is 3.54. The van der Waals surface area contributed by atoms with Gasteiger partial charge in [-0.3, -0.25) is 0 Å². The first kappa shape index (κ1) is 30.0. The lowest BCUT2D eigenvalue weighted by Gasteiger charge is -2.05. The Morgan fingerprint density at radius 2 is 1.03 bits per heavy atom. The summed E-state index contributed by atoms with van der Waals surface area (Å²) in [5.41, 5.74) is 1.37. The number of aldehydes is 2. The van der Waals surface area contributed by atoms with Gasteiger partial charge in [0.1, 0.15) is 12.6 Å². The van der Waals surface area contributed by atoms with Crippen molar-refractivity contribution in [1.82, 2.24) is 5.32 Å². The molecule has 0 aromatic heterocycles. The molecule has 178 valence electrons. The van der Waals surface area contributed by atoms with Crippen LogP contribution in [0, 0.1) is 5.92 Å². The molecule has 1 rings (SSSR count). The monoisotopic (exact) mass is 495 g/mol. The number of carbonyl (C=O) groups excluding carboxylic acids is 2. The number of unbranched alkanes of at least 4 members (excludes halogenated alkanes) is 14. The second-order valence-electron chi connectivity index (χ2n) is 8.69. The van der Waals surface area contributed by atoms with E-state index in [1.807, 2.05) is 0 Å². The molecule has 0 atom stereocenters. The van der Waals surface area contributed by atoms with Crippen molar-refractivity contribution in [3.8, 4) is 0 Å². The molecule has 3 nitrogen and oxygen atoms in total. The molecule has 31 heavy (non-hydrogen) atoms. The molecule has 0 aliphatic carbocycles. The topological polar surface area (TPSA) is 46.2 Å². The van der Waals surface area contributed by atoms with Gasteiger partial charge in [-0.25, -0.2) is 0 Å². The van der Waals surface area contributed by atoms with Crippen molar-refractivity contribution < 1.29 is 9.59 Å². The van der Waals surface area contributed by atoms with E-state index < -0.39 is 0 Å². The second-order valence-corrected chi connectivity index (χ2v) is 8.69. The fourth-order valence-corrected chi connectivity index (χ4v) is 3.92. The fourth-order valence-electron chi connectivity index (χ4n) is 3.92. The van der Waals surface area contributed by atoms with Crippen molar-refractivity contribution >= 4 is 29.6 Å². The zero-order valence-corrected chi connectivity index (χ0v) is 21.3. The summed E-state index contributed by atoms with van der Waals surface area (Å²) in [6.07, 6.45) is 22.1. The highest BCUT2D eigenvalue weighted by Gasteiger charge is 2.03. The van der Waals surface area contributed by atoms with E-state index in [-0.39, 0.29) is 22.9 Å². The maximum Gasteiger partial charge on any atom is 0.130 e. The molecule has 0 amide bonds. The first-order valence-electron chi connectivity index (χ1n) is 12.5. The second kappa shape index (κ2) is 23.7. The minimum absolute atomic E-state index is 0. The molecule has 0 spiro atoms. The lowest BCUT2D eigenvalue weighted by atomic mass is 10.0. The summed E-state index contributed by atoms with van der Waals surface area (Å²) in [5.74, 6) is -0.369. The highest BCUT2D eigenvalue weighted by molar-refractivity contribution is 8.93. The van der Waals surface area contributed by atoms with Gasteiger partial charge in [0.25, 0.3) is 0 Å². The smallest absolute Gasteiger partial charge is 0.130 e. The van der Waals surface area contributed by atoms with Crippen molar-refractivity contribution in [2.45, 2.75) is 109 Å². The van der Waals surface area contributed by atoms with Gasteiger partial charge < -0.3 is 14.9 Å². The maximum absolute atomic E-state index is 10.6. The van der Waals surface area contributed by atoms with Crippen LogP contribution in [-0.4, -0.2) is 19.1 Å². The minimum Gasteiger partial charge on any atom is -0.313 e. The quantitative estimate of drug-likeness (QED) is 0.102. The van der Waals surface area contributed by atoms with E-state index in [1.54, 1.807) is 0 Å². The Hall–Kier alpha value is -1.00. The predicted octanol–water partition coefficient (Wildman–Crippen LogP) is 7.61. The van der Waals surface area contributed by atoms with E-state index in [1.165, 1.54) is 89.0 Å². The van der Waals surface area contributed by atoms with Gasteiger partial charge >= 0.3 is 0 Å². The highest BCUT2D eigenvalue weighted by atomic mass is 79.9. The molecule has 0 aliphatic heterocycles. The molecule has 1 aromatic rings. The van der Waals surface area contributed by atoms with Gasteiger partial charge in [-0.1, -0.05) is 120 Å². The minimum atomic E-state index is -0.369. The van der Waals surface area contributed by atoms with Crippen molar-refractivity contribution in [2.24, 2.45) is 5.92 Å². The molecule has 0 fully saturated rings. The molecular weight excluding hydrogens is 450 g/mol. The molecule has 0 radical (unpaired) electrons. The van der Waals surface area contributed by atoms with Crippen molar-refractivity contribution in [3.63, 3.8) is 0 Å². The molecule has 0 saturated carbocycles. The third-order valence-electron chi connectivity index (χ3n) is 5.91. The number of rotatable bonds is 22. The van der Waals surface area contributed by atoms with Crippen LogP contribution in [0.5, 0.6) is 0 Å². The summed E-state index contributed by atoms with van der Waals surface area (Å²) in [6.45, 7) is 2.12. The molecule has 0 saturated heterocycles. The molecule has 1 aromatic carbocycles. The van der Waals surface area contributed by atoms with Crippen molar-refractivity contribution in [3.05, 3.63) is 35.9 Å². The van der Waals surface area contributed by atoms with Gasteiger partial charge in [0, 0.05) is 6.54 Å².